The largest absolute Gasteiger partial charge is 0.493 e. The summed E-state index contributed by atoms with van der Waals surface area (Å²) in [5, 5.41) is 0. The number of carbonyl (C=O) groups excluding carboxylic acids is 1. The summed E-state index contributed by atoms with van der Waals surface area (Å²) in [6, 6.07) is 3.35. The number of likely N-dealkylation sites (tertiary alicyclic amines) is 1. The van der Waals surface area contributed by atoms with Gasteiger partial charge in [-0.25, -0.2) is 0 Å². The van der Waals surface area contributed by atoms with Crippen LogP contribution in [0.3, 0.4) is 0 Å². The second-order valence-electron chi connectivity index (χ2n) is 5.67. The minimum absolute atomic E-state index is 0.0706. The summed E-state index contributed by atoms with van der Waals surface area (Å²) in [6.07, 6.45) is 0.347. The Hall–Kier alpha value is -1.95. The van der Waals surface area contributed by atoms with Crippen molar-refractivity contribution in [2.75, 3.05) is 21.3 Å². The maximum atomic E-state index is 12.2. The average molecular weight is 308 g/mol. The predicted molar refractivity (Wildman–Crippen MR) is 83.4 cm³/mol. The van der Waals surface area contributed by atoms with Crippen molar-refractivity contribution >= 4 is 5.91 Å². The van der Waals surface area contributed by atoms with Crippen LogP contribution >= 0.6 is 0 Å². The summed E-state index contributed by atoms with van der Waals surface area (Å²) in [7, 11) is 4.70. The van der Waals surface area contributed by atoms with Gasteiger partial charge in [0.25, 0.3) is 0 Å². The second-order valence-corrected chi connectivity index (χ2v) is 5.67. The molecule has 122 valence electrons. The lowest BCUT2D eigenvalue weighted by molar-refractivity contribution is -0.130. The fourth-order valence-electron chi connectivity index (χ4n) is 3.07. The number of methoxy groups -OCH3 is 3. The molecule has 0 saturated carbocycles. The molecule has 1 amide bonds. The number of hydrogen-bond acceptors (Lipinski definition) is 5. The van der Waals surface area contributed by atoms with Crippen LogP contribution in [-0.2, 0) is 4.79 Å². The van der Waals surface area contributed by atoms with Crippen LogP contribution in [0.2, 0.25) is 0 Å². The SMILES string of the molecule is COc1cc(C2C(N)CC(=O)N2C(C)C)cc(OC)c1OC. The lowest BCUT2D eigenvalue weighted by Crippen LogP contribution is -2.37. The molecule has 0 aromatic heterocycles. The van der Waals surface area contributed by atoms with Crippen molar-refractivity contribution in [3.8, 4) is 17.2 Å². The fourth-order valence-corrected chi connectivity index (χ4v) is 3.07. The van der Waals surface area contributed by atoms with E-state index in [-0.39, 0.29) is 24.0 Å². The molecule has 2 unspecified atom stereocenters. The Balaban J connectivity index is 2.53. The highest BCUT2D eigenvalue weighted by Gasteiger charge is 2.40. The van der Waals surface area contributed by atoms with E-state index in [0.717, 1.165) is 5.56 Å². The van der Waals surface area contributed by atoms with E-state index < -0.39 is 0 Å². The molecule has 0 spiro atoms. The molecule has 2 rings (SSSR count). The molecule has 2 N–H and O–H groups in total. The van der Waals surface area contributed by atoms with Gasteiger partial charge in [0.15, 0.2) is 11.5 Å². The van der Waals surface area contributed by atoms with E-state index in [0.29, 0.717) is 23.7 Å². The first-order valence-electron chi connectivity index (χ1n) is 7.31. The van der Waals surface area contributed by atoms with Crippen molar-refractivity contribution in [1.29, 1.82) is 0 Å². The molecule has 6 heteroatoms. The van der Waals surface area contributed by atoms with Gasteiger partial charge in [0.1, 0.15) is 0 Å². The molecule has 0 radical (unpaired) electrons. The first kappa shape index (κ1) is 16.4. The zero-order valence-electron chi connectivity index (χ0n) is 13.8. The van der Waals surface area contributed by atoms with Crippen LogP contribution in [0.1, 0.15) is 31.9 Å². The lowest BCUT2D eigenvalue weighted by atomic mass is 9.99. The molecule has 1 saturated heterocycles. The van der Waals surface area contributed by atoms with Crippen LogP contribution in [-0.4, -0.2) is 44.2 Å². The van der Waals surface area contributed by atoms with Gasteiger partial charge >= 0.3 is 0 Å². The quantitative estimate of drug-likeness (QED) is 0.896. The first-order valence-corrected chi connectivity index (χ1v) is 7.31. The van der Waals surface area contributed by atoms with E-state index in [9.17, 15) is 4.79 Å². The van der Waals surface area contributed by atoms with Crippen molar-refractivity contribution in [1.82, 2.24) is 4.90 Å². The van der Waals surface area contributed by atoms with Crippen molar-refractivity contribution < 1.29 is 19.0 Å². The minimum atomic E-state index is -0.252. The van der Waals surface area contributed by atoms with Gasteiger partial charge in [0, 0.05) is 18.5 Å². The number of benzene rings is 1. The molecule has 1 aliphatic heterocycles. The molecule has 0 bridgehead atoms. The Morgan fingerprint density at radius 3 is 2.09 bits per heavy atom. The maximum Gasteiger partial charge on any atom is 0.225 e. The lowest BCUT2D eigenvalue weighted by Gasteiger charge is -2.31. The highest BCUT2D eigenvalue weighted by Crippen LogP contribution is 2.43. The standard InChI is InChI=1S/C16H24N2O4/c1-9(2)18-14(19)8-11(17)15(18)10-6-12(20-3)16(22-5)13(7-10)21-4/h6-7,9,11,15H,8,17H2,1-5H3. The molecule has 1 aliphatic rings. The fraction of sp³-hybridized carbons (Fsp3) is 0.562. The zero-order chi connectivity index (χ0) is 16.4. The third kappa shape index (κ3) is 2.70. The van der Waals surface area contributed by atoms with Crippen LogP contribution in [0.25, 0.3) is 0 Å². The summed E-state index contributed by atoms with van der Waals surface area (Å²) >= 11 is 0. The molecule has 2 atom stereocenters. The van der Waals surface area contributed by atoms with Crippen LogP contribution in [0, 0.1) is 0 Å². The number of nitrogens with zero attached hydrogens (tertiary/aromatic N) is 1. The van der Waals surface area contributed by atoms with Crippen molar-refractivity contribution in [3.63, 3.8) is 0 Å². The van der Waals surface area contributed by atoms with Gasteiger partial charge < -0.3 is 24.8 Å². The number of hydrogen-bond donors (Lipinski definition) is 1. The Morgan fingerprint density at radius 1 is 1.14 bits per heavy atom. The van der Waals surface area contributed by atoms with E-state index in [2.05, 4.69) is 0 Å². The van der Waals surface area contributed by atoms with E-state index in [1.54, 1.807) is 21.3 Å². The highest BCUT2D eigenvalue weighted by molar-refractivity contribution is 5.81. The smallest absolute Gasteiger partial charge is 0.225 e. The second kappa shape index (κ2) is 6.44. The average Bonchev–Trinajstić information content (AvgIpc) is 2.80. The van der Waals surface area contributed by atoms with Crippen LogP contribution in [0.15, 0.2) is 12.1 Å². The number of rotatable bonds is 5. The van der Waals surface area contributed by atoms with Gasteiger partial charge in [-0.3, -0.25) is 4.79 Å². The van der Waals surface area contributed by atoms with E-state index in [4.69, 9.17) is 19.9 Å². The summed E-state index contributed by atoms with van der Waals surface area (Å²) in [4.78, 5) is 14.0. The first-order chi connectivity index (χ1) is 10.4. The normalized spacial score (nSPS) is 21.4. The van der Waals surface area contributed by atoms with E-state index in [1.165, 1.54) is 0 Å². The van der Waals surface area contributed by atoms with Crippen molar-refractivity contribution in [2.24, 2.45) is 5.73 Å². The topological polar surface area (TPSA) is 74.0 Å². The molecule has 0 aliphatic carbocycles. The molecular formula is C16H24N2O4. The molecular weight excluding hydrogens is 284 g/mol. The number of carbonyl (C=O) groups is 1. The number of amides is 1. The Kier molecular flexibility index (Phi) is 4.81. The molecule has 1 aromatic carbocycles. The molecule has 1 fully saturated rings. The third-order valence-electron chi connectivity index (χ3n) is 3.99. The van der Waals surface area contributed by atoms with Crippen LogP contribution in [0.4, 0.5) is 0 Å². The highest BCUT2D eigenvalue weighted by atomic mass is 16.5. The summed E-state index contributed by atoms with van der Waals surface area (Å²) in [5.74, 6) is 1.73. The molecule has 6 nitrogen and oxygen atoms in total. The minimum Gasteiger partial charge on any atom is -0.493 e. The van der Waals surface area contributed by atoms with Gasteiger partial charge in [-0.15, -0.1) is 0 Å². The summed E-state index contributed by atoms with van der Waals surface area (Å²) < 4.78 is 16.1. The van der Waals surface area contributed by atoms with Crippen LogP contribution in [0.5, 0.6) is 17.2 Å². The van der Waals surface area contributed by atoms with Gasteiger partial charge in [-0.2, -0.15) is 0 Å². The number of nitrogens with two attached hydrogens (primary N) is 1. The summed E-state index contributed by atoms with van der Waals surface area (Å²) in [5.41, 5.74) is 7.10. The summed E-state index contributed by atoms with van der Waals surface area (Å²) in [6.45, 7) is 3.97. The Morgan fingerprint density at radius 2 is 1.68 bits per heavy atom. The Bertz CT molecular complexity index is 534. The van der Waals surface area contributed by atoms with E-state index in [1.807, 2.05) is 30.9 Å². The predicted octanol–water partition coefficient (Wildman–Crippen LogP) is 1.72. The van der Waals surface area contributed by atoms with Crippen molar-refractivity contribution in [2.45, 2.75) is 38.4 Å². The molecule has 1 aromatic rings. The van der Waals surface area contributed by atoms with E-state index >= 15 is 0 Å². The molecule has 22 heavy (non-hydrogen) atoms. The van der Waals surface area contributed by atoms with Crippen LogP contribution < -0.4 is 19.9 Å². The van der Waals surface area contributed by atoms with Crippen molar-refractivity contribution in [3.05, 3.63) is 17.7 Å². The van der Waals surface area contributed by atoms with Gasteiger partial charge in [-0.1, -0.05) is 0 Å². The van der Waals surface area contributed by atoms with Gasteiger partial charge in [0.2, 0.25) is 11.7 Å². The molecule has 1 heterocycles. The zero-order valence-corrected chi connectivity index (χ0v) is 13.8. The van der Waals surface area contributed by atoms with Gasteiger partial charge in [0.05, 0.1) is 27.4 Å². The third-order valence-corrected chi connectivity index (χ3v) is 3.99. The monoisotopic (exact) mass is 308 g/mol. The number of ether oxygens (including phenoxy) is 3. The van der Waals surface area contributed by atoms with Gasteiger partial charge in [-0.05, 0) is 31.5 Å². The Labute approximate surface area is 131 Å². The maximum absolute atomic E-state index is 12.2.